The molecule has 1 aromatic rings. The molecule has 0 aliphatic heterocycles. The highest BCUT2D eigenvalue weighted by atomic mass is 16.3. The molecule has 2 rings (SSSR count). The molecule has 1 aliphatic rings. The number of rotatable bonds is 4. The standard InChI is InChI=1S/C14H26N4O/c1-9(2)13-12(15)14(18(3)17-13)16-8-10-6-4-5-7-11(10)19/h9-11,16,19H,4-8,15H2,1-3H3. The first kappa shape index (κ1) is 14.2. The van der Waals surface area contributed by atoms with Crippen LogP contribution in [0.2, 0.25) is 0 Å². The van der Waals surface area contributed by atoms with E-state index < -0.39 is 0 Å². The number of nitrogens with one attached hydrogen (secondary N) is 1. The van der Waals surface area contributed by atoms with E-state index in [1.807, 2.05) is 7.05 Å². The minimum atomic E-state index is -0.180. The Morgan fingerprint density at radius 1 is 1.42 bits per heavy atom. The van der Waals surface area contributed by atoms with E-state index in [2.05, 4.69) is 24.3 Å². The Hall–Kier alpha value is -1.23. The van der Waals surface area contributed by atoms with Crippen LogP contribution in [-0.4, -0.2) is 27.5 Å². The summed E-state index contributed by atoms with van der Waals surface area (Å²) < 4.78 is 1.81. The van der Waals surface area contributed by atoms with Gasteiger partial charge in [0, 0.05) is 19.5 Å². The maximum Gasteiger partial charge on any atom is 0.147 e. The van der Waals surface area contributed by atoms with Gasteiger partial charge in [-0.3, -0.25) is 4.68 Å². The van der Waals surface area contributed by atoms with Crippen molar-refractivity contribution >= 4 is 11.5 Å². The Morgan fingerprint density at radius 2 is 2.11 bits per heavy atom. The highest BCUT2D eigenvalue weighted by molar-refractivity contribution is 5.65. The molecule has 19 heavy (non-hydrogen) atoms. The van der Waals surface area contributed by atoms with E-state index in [1.54, 1.807) is 4.68 Å². The molecule has 4 N–H and O–H groups in total. The number of nitrogen functional groups attached to an aromatic ring is 1. The number of aliphatic hydroxyl groups excluding tert-OH is 1. The van der Waals surface area contributed by atoms with Gasteiger partial charge in [-0.2, -0.15) is 5.10 Å². The Labute approximate surface area is 115 Å². The number of aliphatic hydroxyl groups is 1. The third-order valence-corrected chi connectivity index (χ3v) is 4.06. The topological polar surface area (TPSA) is 76.1 Å². The van der Waals surface area contributed by atoms with Crippen molar-refractivity contribution in [3.63, 3.8) is 0 Å². The molecule has 0 radical (unpaired) electrons. The summed E-state index contributed by atoms with van der Waals surface area (Å²) in [7, 11) is 1.90. The van der Waals surface area contributed by atoms with Crippen molar-refractivity contribution in [1.82, 2.24) is 9.78 Å². The van der Waals surface area contributed by atoms with Crippen molar-refractivity contribution in [2.45, 2.75) is 51.6 Å². The van der Waals surface area contributed by atoms with Crippen LogP contribution in [0.3, 0.4) is 0 Å². The second-order valence-electron chi connectivity index (χ2n) is 5.92. The number of nitrogens with two attached hydrogens (primary N) is 1. The number of hydrogen-bond donors (Lipinski definition) is 3. The summed E-state index contributed by atoms with van der Waals surface area (Å²) >= 11 is 0. The largest absolute Gasteiger partial charge is 0.394 e. The smallest absolute Gasteiger partial charge is 0.147 e. The minimum Gasteiger partial charge on any atom is -0.394 e. The molecule has 0 saturated heterocycles. The zero-order valence-electron chi connectivity index (χ0n) is 12.2. The molecule has 1 heterocycles. The van der Waals surface area contributed by atoms with Crippen LogP contribution in [0.4, 0.5) is 11.5 Å². The molecular formula is C14H26N4O. The van der Waals surface area contributed by atoms with E-state index in [9.17, 15) is 5.11 Å². The third-order valence-electron chi connectivity index (χ3n) is 4.06. The van der Waals surface area contributed by atoms with Crippen LogP contribution in [-0.2, 0) is 7.05 Å². The summed E-state index contributed by atoms with van der Waals surface area (Å²) in [6, 6.07) is 0. The Morgan fingerprint density at radius 3 is 2.68 bits per heavy atom. The predicted molar refractivity (Wildman–Crippen MR) is 78.2 cm³/mol. The second-order valence-corrected chi connectivity index (χ2v) is 5.92. The van der Waals surface area contributed by atoms with Gasteiger partial charge in [0.1, 0.15) is 5.82 Å². The summed E-state index contributed by atoms with van der Waals surface area (Å²) in [5.74, 6) is 1.52. The maximum atomic E-state index is 9.99. The summed E-state index contributed by atoms with van der Waals surface area (Å²) in [4.78, 5) is 0. The molecule has 108 valence electrons. The highest BCUT2D eigenvalue weighted by Gasteiger charge is 2.24. The predicted octanol–water partition coefficient (Wildman–Crippen LogP) is 2.09. The van der Waals surface area contributed by atoms with Crippen LogP contribution in [0, 0.1) is 5.92 Å². The van der Waals surface area contributed by atoms with E-state index in [1.165, 1.54) is 6.42 Å². The second kappa shape index (κ2) is 5.82. The summed E-state index contributed by atoms with van der Waals surface area (Å²) in [6.45, 7) is 4.95. The molecule has 2 unspecified atom stereocenters. The average Bonchev–Trinajstić information content (AvgIpc) is 2.65. The normalized spacial score (nSPS) is 23.8. The lowest BCUT2D eigenvalue weighted by atomic mass is 9.86. The number of nitrogens with zero attached hydrogens (tertiary/aromatic N) is 2. The van der Waals surface area contributed by atoms with Gasteiger partial charge in [-0.1, -0.05) is 26.7 Å². The molecule has 2 atom stereocenters. The van der Waals surface area contributed by atoms with Gasteiger partial charge >= 0.3 is 0 Å². The minimum absolute atomic E-state index is 0.180. The number of hydrogen-bond acceptors (Lipinski definition) is 4. The van der Waals surface area contributed by atoms with Crippen LogP contribution in [0.15, 0.2) is 0 Å². The average molecular weight is 266 g/mol. The molecule has 0 spiro atoms. The first-order chi connectivity index (χ1) is 9.00. The van der Waals surface area contributed by atoms with Gasteiger partial charge < -0.3 is 16.2 Å². The molecular weight excluding hydrogens is 240 g/mol. The fourth-order valence-electron chi connectivity index (χ4n) is 2.85. The molecule has 5 heteroatoms. The van der Waals surface area contributed by atoms with Gasteiger partial charge in [-0.25, -0.2) is 0 Å². The monoisotopic (exact) mass is 266 g/mol. The van der Waals surface area contributed by atoms with Crippen molar-refractivity contribution in [1.29, 1.82) is 0 Å². The molecule has 1 aromatic heterocycles. The molecule has 5 nitrogen and oxygen atoms in total. The Bertz CT molecular complexity index is 427. The van der Waals surface area contributed by atoms with Gasteiger partial charge in [0.2, 0.25) is 0 Å². The van der Waals surface area contributed by atoms with Crippen LogP contribution in [0.1, 0.15) is 51.1 Å². The van der Waals surface area contributed by atoms with Crippen LogP contribution in [0.25, 0.3) is 0 Å². The molecule has 0 aromatic carbocycles. The van der Waals surface area contributed by atoms with E-state index in [0.717, 1.165) is 43.0 Å². The van der Waals surface area contributed by atoms with Crippen molar-refractivity contribution in [3.8, 4) is 0 Å². The molecule has 0 amide bonds. The summed E-state index contributed by atoms with van der Waals surface area (Å²) in [6.07, 6.45) is 4.18. The van der Waals surface area contributed by atoms with Gasteiger partial charge in [0.05, 0.1) is 17.5 Å². The molecule has 1 saturated carbocycles. The fourth-order valence-corrected chi connectivity index (χ4v) is 2.85. The van der Waals surface area contributed by atoms with Gasteiger partial charge in [0.25, 0.3) is 0 Å². The lowest BCUT2D eigenvalue weighted by Crippen LogP contribution is -2.30. The van der Waals surface area contributed by atoms with Gasteiger partial charge in [-0.15, -0.1) is 0 Å². The van der Waals surface area contributed by atoms with Gasteiger partial charge in [0.15, 0.2) is 0 Å². The van der Waals surface area contributed by atoms with Crippen molar-refractivity contribution in [2.75, 3.05) is 17.6 Å². The van der Waals surface area contributed by atoms with E-state index in [4.69, 9.17) is 5.73 Å². The zero-order valence-corrected chi connectivity index (χ0v) is 12.2. The Balaban J connectivity index is 2.03. The first-order valence-corrected chi connectivity index (χ1v) is 7.25. The van der Waals surface area contributed by atoms with Crippen molar-refractivity contribution in [2.24, 2.45) is 13.0 Å². The number of anilines is 2. The molecule has 1 aliphatic carbocycles. The van der Waals surface area contributed by atoms with Gasteiger partial charge in [-0.05, 0) is 18.8 Å². The lowest BCUT2D eigenvalue weighted by molar-refractivity contribution is 0.0762. The molecule has 1 fully saturated rings. The van der Waals surface area contributed by atoms with Crippen molar-refractivity contribution < 1.29 is 5.11 Å². The lowest BCUT2D eigenvalue weighted by Gasteiger charge is -2.28. The van der Waals surface area contributed by atoms with Crippen LogP contribution >= 0.6 is 0 Å². The Kier molecular flexibility index (Phi) is 4.34. The van der Waals surface area contributed by atoms with E-state index in [-0.39, 0.29) is 6.10 Å². The zero-order chi connectivity index (χ0) is 14.0. The first-order valence-electron chi connectivity index (χ1n) is 7.25. The van der Waals surface area contributed by atoms with Crippen LogP contribution < -0.4 is 11.1 Å². The quantitative estimate of drug-likeness (QED) is 0.780. The van der Waals surface area contributed by atoms with Crippen LogP contribution in [0.5, 0.6) is 0 Å². The number of aryl methyl sites for hydroxylation is 1. The maximum absolute atomic E-state index is 9.99. The van der Waals surface area contributed by atoms with E-state index in [0.29, 0.717) is 11.8 Å². The SMILES string of the molecule is CC(C)c1nn(C)c(NCC2CCCCC2O)c1N. The third kappa shape index (κ3) is 3.03. The van der Waals surface area contributed by atoms with E-state index >= 15 is 0 Å². The number of aromatic nitrogens is 2. The summed E-state index contributed by atoms with van der Waals surface area (Å²) in [5, 5.41) is 17.8. The fraction of sp³-hybridized carbons (Fsp3) is 0.786. The highest BCUT2D eigenvalue weighted by Crippen LogP contribution is 2.29. The van der Waals surface area contributed by atoms with Crippen molar-refractivity contribution in [3.05, 3.63) is 5.69 Å². The molecule has 0 bridgehead atoms. The summed E-state index contributed by atoms with van der Waals surface area (Å²) in [5.41, 5.74) is 7.82.